The van der Waals surface area contributed by atoms with Gasteiger partial charge in [-0.1, -0.05) is 0 Å². The van der Waals surface area contributed by atoms with Gasteiger partial charge in [0.05, 0.1) is 6.54 Å². The molecule has 0 aliphatic heterocycles. The van der Waals surface area contributed by atoms with Crippen LogP contribution >= 0.6 is 0 Å². The molecule has 0 atom stereocenters. The molecule has 0 aromatic carbocycles. The number of nitrogens with zero attached hydrogens (tertiary/aromatic N) is 6. The van der Waals surface area contributed by atoms with Crippen LogP contribution in [0, 0.1) is 0 Å². The summed E-state index contributed by atoms with van der Waals surface area (Å²) in [5.41, 5.74) is 0. The molecule has 1 N–H and O–H groups in total. The minimum Gasteiger partial charge on any atom is -0.368 e. The third kappa shape index (κ3) is 3.13. The van der Waals surface area contributed by atoms with Crippen molar-refractivity contribution in [2.24, 2.45) is 0 Å². The van der Waals surface area contributed by atoms with Crippen LogP contribution in [0.4, 0.5) is 11.6 Å². The second kappa shape index (κ2) is 5.24. The normalized spacial score (nSPS) is 10.2. The van der Waals surface area contributed by atoms with E-state index in [0.29, 0.717) is 0 Å². The highest BCUT2D eigenvalue weighted by Gasteiger charge is 1.99. The van der Waals surface area contributed by atoms with Gasteiger partial charge in [-0.2, -0.15) is 5.10 Å². The molecule has 0 amide bonds. The fourth-order valence-electron chi connectivity index (χ4n) is 1.34. The van der Waals surface area contributed by atoms with Gasteiger partial charge in [0.1, 0.15) is 30.6 Å². The first-order chi connectivity index (χ1) is 8.25. The first-order valence-corrected chi connectivity index (χ1v) is 5.31. The van der Waals surface area contributed by atoms with Crippen molar-refractivity contribution in [1.82, 2.24) is 24.7 Å². The molecule has 0 aliphatic rings. The van der Waals surface area contributed by atoms with Gasteiger partial charge in [0.25, 0.3) is 0 Å². The van der Waals surface area contributed by atoms with Crippen LogP contribution in [0.3, 0.4) is 0 Å². The van der Waals surface area contributed by atoms with Crippen LogP contribution in [-0.4, -0.2) is 45.4 Å². The van der Waals surface area contributed by atoms with E-state index in [1.807, 2.05) is 25.1 Å². The van der Waals surface area contributed by atoms with E-state index in [0.717, 1.165) is 24.7 Å². The van der Waals surface area contributed by atoms with E-state index in [1.165, 1.54) is 6.33 Å². The third-order valence-corrected chi connectivity index (χ3v) is 2.22. The van der Waals surface area contributed by atoms with Gasteiger partial charge in [-0.3, -0.25) is 4.68 Å². The van der Waals surface area contributed by atoms with Gasteiger partial charge in [-0.25, -0.2) is 15.0 Å². The summed E-state index contributed by atoms with van der Waals surface area (Å²) in [6.45, 7) is 1.49. The summed E-state index contributed by atoms with van der Waals surface area (Å²) >= 11 is 0. The molecule has 2 aromatic rings. The van der Waals surface area contributed by atoms with E-state index in [-0.39, 0.29) is 0 Å². The summed E-state index contributed by atoms with van der Waals surface area (Å²) in [7, 11) is 3.89. The molecular formula is C10H15N7. The van der Waals surface area contributed by atoms with Crippen LogP contribution in [0.5, 0.6) is 0 Å². The number of hydrogen-bond acceptors (Lipinski definition) is 6. The molecule has 0 fully saturated rings. The largest absolute Gasteiger partial charge is 0.368 e. The smallest absolute Gasteiger partial charge is 0.137 e. The summed E-state index contributed by atoms with van der Waals surface area (Å²) in [5, 5.41) is 7.23. The van der Waals surface area contributed by atoms with Crippen molar-refractivity contribution in [2.75, 3.05) is 30.9 Å². The lowest BCUT2D eigenvalue weighted by molar-refractivity contribution is 0.635. The van der Waals surface area contributed by atoms with Crippen molar-refractivity contribution in [3.63, 3.8) is 0 Å². The quantitative estimate of drug-likeness (QED) is 0.798. The number of nitrogens with one attached hydrogen (secondary N) is 1. The highest BCUT2D eigenvalue weighted by molar-refractivity contribution is 5.47. The first kappa shape index (κ1) is 11.3. The Morgan fingerprint density at radius 1 is 1.29 bits per heavy atom. The molecule has 7 heteroatoms. The van der Waals surface area contributed by atoms with Crippen molar-refractivity contribution >= 4 is 11.6 Å². The van der Waals surface area contributed by atoms with Crippen molar-refractivity contribution in [3.05, 3.63) is 25.0 Å². The minimum atomic E-state index is 0.743. The van der Waals surface area contributed by atoms with E-state index in [2.05, 4.69) is 25.4 Å². The second-order valence-electron chi connectivity index (χ2n) is 3.74. The predicted molar refractivity (Wildman–Crippen MR) is 64.9 cm³/mol. The Hall–Kier alpha value is -2.18. The molecule has 0 bridgehead atoms. The summed E-state index contributed by atoms with van der Waals surface area (Å²) < 4.78 is 1.76. The summed E-state index contributed by atoms with van der Waals surface area (Å²) in [6.07, 6.45) is 4.76. The topological polar surface area (TPSA) is 71.8 Å². The molecule has 17 heavy (non-hydrogen) atoms. The molecule has 0 spiro atoms. The van der Waals surface area contributed by atoms with Crippen LogP contribution < -0.4 is 10.2 Å². The Morgan fingerprint density at radius 3 is 2.88 bits per heavy atom. The number of rotatable bonds is 5. The van der Waals surface area contributed by atoms with E-state index in [1.54, 1.807) is 17.3 Å². The van der Waals surface area contributed by atoms with Crippen LogP contribution in [0.2, 0.25) is 0 Å². The predicted octanol–water partition coefficient (Wildman–Crippen LogP) is 0.246. The second-order valence-corrected chi connectivity index (χ2v) is 3.74. The molecule has 0 saturated heterocycles. The third-order valence-electron chi connectivity index (χ3n) is 2.22. The number of aromatic nitrogens is 5. The molecule has 0 unspecified atom stereocenters. The molecule has 2 heterocycles. The summed E-state index contributed by atoms with van der Waals surface area (Å²) in [4.78, 5) is 14.1. The van der Waals surface area contributed by atoms with Gasteiger partial charge in [0.15, 0.2) is 0 Å². The zero-order chi connectivity index (χ0) is 12.1. The Labute approximate surface area is 99.5 Å². The Kier molecular flexibility index (Phi) is 3.49. The molecule has 2 rings (SSSR count). The Bertz CT molecular complexity index is 451. The molecule has 7 nitrogen and oxygen atoms in total. The highest BCUT2D eigenvalue weighted by Crippen LogP contribution is 2.10. The van der Waals surface area contributed by atoms with Crippen LogP contribution in [0.1, 0.15) is 0 Å². The zero-order valence-corrected chi connectivity index (χ0v) is 9.91. The van der Waals surface area contributed by atoms with E-state index in [9.17, 15) is 0 Å². The van der Waals surface area contributed by atoms with E-state index >= 15 is 0 Å². The Balaban J connectivity index is 1.88. The number of hydrogen-bond donors (Lipinski definition) is 1. The number of anilines is 2. The fraction of sp³-hybridized carbons (Fsp3) is 0.400. The van der Waals surface area contributed by atoms with Gasteiger partial charge in [0, 0.05) is 26.7 Å². The lowest BCUT2D eigenvalue weighted by Gasteiger charge is -2.12. The molecule has 2 aromatic heterocycles. The van der Waals surface area contributed by atoms with Crippen LogP contribution in [0.15, 0.2) is 25.0 Å². The lowest BCUT2D eigenvalue weighted by Crippen LogP contribution is -2.14. The van der Waals surface area contributed by atoms with Gasteiger partial charge in [0.2, 0.25) is 0 Å². The Morgan fingerprint density at radius 2 is 2.18 bits per heavy atom. The first-order valence-electron chi connectivity index (χ1n) is 5.31. The van der Waals surface area contributed by atoms with Gasteiger partial charge in [-0.15, -0.1) is 0 Å². The molecule has 0 radical (unpaired) electrons. The SMILES string of the molecule is CN(C)c1cc(NCCn2cncn2)ncn1. The fourth-order valence-corrected chi connectivity index (χ4v) is 1.34. The minimum absolute atomic E-state index is 0.743. The highest BCUT2D eigenvalue weighted by atomic mass is 15.3. The van der Waals surface area contributed by atoms with Crippen molar-refractivity contribution in [3.8, 4) is 0 Å². The van der Waals surface area contributed by atoms with Crippen LogP contribution in [-0.2, 0) is 6.54 Å². The molecule has 0 saturated carbocycles. The molecule has 90 valence electrons. The van der Waals surface area contributed by atoms with Crippen molar-refractivity contribution in [1.29, 1.82) is 0 Å². The van der Waals surface area contributed by atoms with Crippen LogP contribution in [0.25, 0.3) is 0 Å². The average Bonchev–Trinajstić information content (AvgIpc) is 2.82. The standard InChI is InChI=1S/C10H15N7/c1-16(2)10-5-9(13-7-14-10)12-3-4-17-8-11-6-15-17/h5-8H,3-4H2,1-2H3,(H,12,13,14). The van der Waals surface area contributed by atoms with Crippen molar-refractivity contribution < 1.29 is 0 Å². The summed E-state index contributed by atoms with van der Waals surface area (Å²) in [6, 6.07) is 1.90. The molecule has 0 aliphatic carbocycles. The van der Waals surface area contributed by atoms with Gasteiger partial charge >= 0.3 is 0 Å². The van der Waals surface area contributed by atoms with Gasteiger partial charge < -0.3 is 10.2 Å². The van der Waals surface area contributed by atoms with Crippen molar-refractivity contribution in [2.45, 2.75) is 6.54 Å². The monoisotopic (exact) mass is 233 g/mol. The lowest BCUT2D eigenvalue weighted by atomic mass is 10.5. The maximum absolute atomic E-state index is 4.15. The molecular weight excluding hydrogens is 218 g/mol. The zero-order valence-electron chi connectivity index (χ0n) is 9.91. The maximum atomic E-state index is 4.15. The average molecular weight is 233 g/mol. The van der Waals surface area contributed by atoms with Gasteiger partial charge in [-0.05, 0) is 0 Å². The summed E-state index contributed by atoms with van der Waals surface area (Å²) in [5.74, 6) is 1.69. The van der Waals surface area contributed by atoms with E-state index in [4.69, 9.17) is 0 Å². The maximum Gasteiger partial charge on any atom is 0.137 e. The van der Waals surface area contributed by atoms with E-state index < -0.39 is 0 Å².